The molecule has 7 nitrogen and oxygen atoms in total. The van der Waals surface area contributed by atoms with Gasteiger partial charge < -0.3 is 14.8 Å². The molecule has 0 saturated carbocycles. The number of carbonyl (C=O) groups is 1. The van der Waals surface area contributed by atoms with E-state index < -0.39 is 10.8 Å². The predicted octanol–water partition coefficient (Wildman–Crippen LogP) is 4.17. The number of nitro groups is 1. The minimum absolute atomic E-state index is 0.0846. The maximum absolute atomic E-state index is 12.4. The van der Waals surface area contributed by atoms with Gasteiger partial charge in [0.2, 0.25) is 0 Å². The summed E-state index contributed by atoms with van der Waals surface area (Å²) in [5.41, 5.74) is 0.0468. The first kappa shape index (κ1) is 17.8. The van der Waals surface area contributed by atoms with Gasteiger partial charge >= 0.3 is 5.69 Å². The van der Waals surface area contributed by atoms with E-state index in [1.165, 1.54) is 44.6 Å². The molecule has 1 N–H and O–H groups in total. The molecule has 0 heterocycles. The van der Waals surface area contributed by atoms with Crippen molar-refractivity contribution in [3.63, 3.8) is 0 Å². The van der Waals surface area contributed by atoms with Crippen molar-refractivity contribution in [3.8, 4) is 11.5 Å². The minimum atomic E-state index is -0.606. The summed E-state index contributed by atoms with van der Waals surface area (Å²) < 4.78 is 10.0. The molecule has 0 bridgehead atoms. The summed E-state index contributed by atoms with van der Waals surface area (Å²) in [5, 5.41) is 14.0. The maximum Gasteiger partial charge on any atom is 0.312 e. The fraction of sp³-hybridized carbons (Fsp3) is 0.133. The summed E-state index contributed by atoms with van der Waals surface area (Å²) >= 11 is 11.9. The second-order valence-corrected chi connectivity index (χ2v) is 5.41. The minimum Gasteiger partial charge on any atom is -0.494 e. The fourth-order valence-corrected chi connectivity index (χ4v) is 2.62. The van der Waals surface area contributed by atoms with Gasteiger partial charge in [-0.15, -0.1) is 0 Å². The second kappa shape index (κ2) is 7.37. The Hall–Kier alpha value is -2.51. The lowest BCUT2D eigenvalue weighted by Crippen LogP contribution is -2.13. The van der Waals surface area contributed by atoms with Crippen LogP contribution >= 0.6 is 23.2 Å². The second-order valence-electron chi connectivity index (χ2n) is 4.57. The molecule has 0 unspecified atom stereocenters. The largest absolute Gasteiger partial charge is 0.494 e. The maximum atomic E-state index is 12.4. The van der Waals surface area contributed by atoms with Gasteiger partial charge in [-0.2, -0.15) is 0 Å². The molecule has 2 rings (SSSR count). The number of rotatable bonds is 5. The van der Waals surface area contributed by atoms with E-state index in [-0.39, 0.29) is 38.5 Å². The molecule has 0 fully saturated rings. The molecule has 0 aromatic heterocycles. The van der Waals surface area contributed by atoms with Crippen LogP contribution in [0.1, 0.15) is 10.4 Å². The molecule has 2 aromatic carbocycles. The number of hydrogen-bond donors (Lipinski definition) is 1. The van der Waals surface area contributed by atoms with Gasteiger partial charge in [0.15, 0.2) is 5.75 Å². The standard InChI is InChI=1S/C15H12Cl2N2O5/c1-23-13-4-3-9(7-12(13)19(21)22)18-15(20)10-5-8(16)6-11(17)14(10)24-2/h3-7H,1-2H3,(H,18,20). The SMILES string of the molecule is COc1ccc(NC(=O)c2cc(Cl)cc(Cl)c2OC)cc1[N+](=O)[O-]. The van der Waals surface area contributed by atoms with E-state index in [4.69, 9.17) is 32.7 Å². The summed E-state index contributed by atoms with van der Waals surface area (Å²) in [4.78, 5) is 22.9. The third-order valence-electron chi connectivity index (χ3n) is 3.09. The Bertz CT molecular complexity index is 811. The lowest BCUT2D eigenvalue weighted by Gasteiger charge is -2.12. The summed E-state index contributed by atoms with van der Waals surface area (Å²) in [5.74, 6) is -0.335. The molecule has 24 heavy (non-hydrogen) atoms. The number of halogens is 2. The summed E-state index contributed by atoms with van der Waals surface area (Å²) in [7, 11) is 2.68. The average Bonchev–Trinajstić information content (AvgIpc) is 2.54. The highest BCUT2D eigenvalue weighted by Gasteiger charge is 2.19. The van der Waals surface area contributed by atoms with Crippen molar-refractivity contribution < 1.29 is 19.2 Å². The van der Waals surface area contributed by atoms with Crippen LogP contribution in [0.4, 0.5) is 11.4 Å². The smallest absolute Gasteiger partial charge is 0.312 e. The number of amides is 1. The van der Waals surface area contributed by atoms with Gasteiger partial charge in [0.05, 0.1) is 29.7 Å². The molecule has 0 aliphatic heterocycles. The highest BCUT2D eigenvalue weighted by molar-refractivity contribution is 6.36. The first-order valence-electron chi connectivity index (χ1n) is 6.54. The number of anilines is 1. The molecule has 2 aromatic rings. The number of methoxy groups -OCH3 is 2. The van der Waals surface area contributed by atoms with Crippen molar-refractivity contribution in [3.05, 3.63) is 56.1 Å². The summed E-state index contributed by atoms with van der Waals surface area (Å²) in [6.45, 7) is 0. The van der Waals surface area contributed by atoms with Gasteiger partial charge in [-0.1, -0.05) is 23.2 Å². The number of nitrogens with one attached hydrogen (secondary N) is 1. The van der Waals surface area contributed by atoms with Crippen LogP contribution in [-0.2, 0) is 0 Å². The van der Waals surface area contributed by atoms with E-state index in [2.05, 4.69) is 5.32 Å². The molecule has 0 saturated heterocycles. The van der Waals surface area contributed by atoms with Crippen molar-refractivity contribution in [2.75, 3.05) is 19.5 Å². The lowest BCUT2D eigenvalue weighted by molar-refractivity contribution is -0.385. The molecule has 126 valence electrons. The van der Waals surface area contributed by atoms with Crippen molar-refractivity contribution in [1.82, 2.24) is 0 Å². The first-order chi connectivity index (χ1) is 11.4. The lowest BCUT2D eigenvalue weighted by atomic mass is 10.1. The zero-order valence-electron chi connectivity index (χ0n) is 12.6. The van der Waals surface area contributed by atoms with Crippen LogP contribution in [0.3, 0.4) is 0 Å². The van der Waals surface area contributed by atoms with Crippen LogP contribution in [0, 0.1) is 10.1 Å². The van der Waals surface area contributed by atoms with Gasteiger partial charge in [0, 0.05) is 16.8 Å². The third kappa shape index (κ3) is 3.69. The van der Waals surface area contributed by atoms with Crippen molar-refractivity contribution in [1.29, 1.82) is 0 Å². The highest BCUT2D eigenvalue weighted by Crippen LogP contribution is 2.34. The summed E-state index contributed by atoms with van der Waals surface area (Å²) in [6.07, 6.45) is 0. The number of ether oxygens (including phenoxy) is 2. The van der Waals surface area contributed by atoms with E-state index >= 15 is 0 Å². The van der Waals surface area contributed by atoms with Crippen LogP contribution in [0.25, 0.3) is 0 Å². The molecule has 9 heteroatoms. The fourth-order valence-electron chi connectivity index (χ4n) is 2.05. The number of carbonyl (C=O) groups excluding carboxylic acids is 1. The molecule has 0 aliphatic carbocycles. The van der Waals surface area contributed by atoms with Gasteiger partial charge in [0.25, 0.3) is 5.91 Å². The number of nitro benzene ring substituents is 1. The molecular weight excluding hydrogens is 359 g/mol. The van der Waals surface area contributed by atoms with Crippen molar-refractivity contribution in [2.45, 2.75) is 0 Å². The zero-order chi connectivity index (χ0) is 17.9. The predicted molar refractivity (Wildman–Crippen MR) is 90.6 cm³/mol. The van der Waals surface area contributed by atoms with Crippen LogP contribution in [-0.4, -0.2) is 25.1 Å². The number of nitrogens with zero attached hydrogens (tertiary/aromatic N) is 1. The van der Waals surface area contributed by atoms with Crippen LogP contribution < -0.4 is 14.8 Å². The molecular formula is C15H12Cl2N2O5. The van der Waals surface area contributed by atoms with Crippen molar-refractivity contribution in [2.24, 2.45) is 0 Å². The Morgan fingerprint density at radius 3 is 2.46 bits per heavy atom. The van der Waals surface area contributed by atoms with Crippen LogP contribution in [0.2, 0.25) is 10.0 Å². The van der Waals surface area contributed by atoms with Gasteiger partial charge in [0.1, 0.15) is 5.75 Å². The molecule has 0 atom stereocenters. The summed E-state index contributed by atoms with van der Waals surface area (Å²) in [6, 6.07) is 6.88. The highest BCUT2D eigenvalue weighted by atomic mass is 35.5. The molecule has 0 radical (unpaired) electrons. The Kier molecular flexibility index (Phi) is 5.48. The zero-order valence-corrected chi connectivity index (χ0v) is 14.1. The van der Waals surface area contributed by atoms with E-state index in [0.717, 1.165) is 0 Å². The van der Waals surface area contributed by atoms with Crippen LogP contribution in [0.5, 0.6) is 11.5 Å². The molecule has 0 aliphatic rings. The number of benzene rings is 2. The van der Waals surface area contributed by atoms with E-state index in [1.807, 2.05) is 0 Å². The van der Waals surface area contributed by atoms with Crippen LogP contribution in [0.15, 0.2) is 30.3 Å². The third-order valence-corrected chi connectivity index (χ3v) is 3.59. The first-order valence-corrected chi connectivity index (χ1v) is 7.29. The van der Waals surface area contributed by atoms with Gasteiger partial charge in [-0.25, -0.2) is 0 Å². The van der Waals surface area contributed by atoms with Gasteiger partial charge in [-0.05, 0) is 24.3 Å². The van der Waals surface area contributed by atoms with E-state index in [1.54, 1.807) is 0 Å². The quantitative estimate of drug-likeness (QED) is 0.629. The van der Waals surface area contributed by atoms with Gasteiger partial charge in [-0.3, -0.25) is 14.9 Å². The molecule has 1 amide bonds. The Morgan fingerprint density at radius 1 is 1.17 bits per heavy atom. The topological polar surface area (TPSA) is 90.7 Å². The Labute approximate surface area is 147 Å². The van der Waals surface area contributed by atoms with E-state index in [0.29, 0.717) is 0 Å². The molecule has 0 spiro atoms. The Morgan fingerprint density at radius 2 is 1.88 bits per heavy atom. The number of hydrogen-bond acceptors (Lipinski definition) is 5. The van der Waals surface area contributed by atoms with E-state index in [9.17, 15) is 14.9 Å². The normalized spacial score (nSPS) is 10.2. The Balaban J connectivity index is 2.37. The average molecular weight is 371 g/mol. The van der Waals surface area contributed by atoms with Crippen molar-refractivity contribution >= 4 is 40.5 Å². The monoisotopic (exact) mass is 370 g/mol.